The van der Waals surface area contributed by atoms with E-state index in [0.29, 0.717) is 13.0 Å². The van der Waals surface area contributed by atoms with Gasteiger partial charge in [-0.25, -0.2) is 4.39 Å². The third kappa shape index (κ3) is 3.63. The lowest BCUT2D eigenvalue weighted by atomic mass is 9.91. The first-order valence-electron chi connectivity index (χ1n) is 9.52. The van der Waals surface area contributed by atoms with Crippen LogP contribution in [0.2, 0.25) is 0 Å². The first kappa shape index (κ1) is 18.2. The second-order valence-electron chi connectivity index (χ2n) is 7.36. The average molecular weight is 375 g/mol. The molecule has 3 nitrogen and oxygen atoms in total. The number of hydrogen-bond donors (Lipinski definition) is 0. The van der Waals surface area contributed by atoms with Gasteiger partial charge in [0.15, 0.2) is 0 Å². The zero-order valence-electron chi connectivity index (χ0n) is 15.6. The van der Waals surface area contributed by atoms with Gasteiger partial charge in [-0.3, -0.25) is 4.90 Å². The Morgan fingerprint density at radius 2 is 2.00 bits per heavy atom. The molecule has 5 heteroatoms. The van der Waals surface area contributed by atoms with Gasteiger partial charge in [-0.05, 0) is 43.7 Å². The Kier molecular flexibility index (Phi) is 5.24. The predicted octanol–water partition coefficient (Wildman–Crippen LogP) is 3.87. The van der Waals surface area contributed by atoms with Crippen molar-refractivity contribution >= 4 is 11.8 Å². The van der Waals surface area contributed by atoms with Crippen LogP contribution in [0.1, 0.15) is 18.9 Å². The van der Waals surface area contributed by atoms with Crippen LogP contribution in [0.4, 0.5) is 4.39 Å². The molecule has 1 aromatic carbocycles. The molecule has 2 aliphatic heterocycles. The lowest BCUT2D eigenvalue weighted by Gasteiger charge is -2.40. The van der Waals surface area contributed by atoms with Crippen molar-refractivity contribution in [2.75, 3.05) is 39.8 Å². The highest BCUT2D eigenvalue weighted by Crippen LogP contribution is 2.45. The zero-order chi connectivity index (χ0) is 18.1. The summed E-state index contributed by atoms with van der Waals surface area (Å²) in [6, 6.07) is 8.81. The summed E-state index contributed by atoms with van der Waals surface area (Å²) in [5.41, 5.74) is 2.47. The quantitative estimate of drug-likeness (QED) is 0.798. The lowest BCUT2D eigenvalue weighted by molar-refractivity contribution is -0.101. The van der Waals surface area contributed by atoms with E-state index >= 15 is 4.39 Å². The molecule has 1 fully saturated rings. The Morgan fingerprint density at radius 1 is 1.23 bits per heavy atom. The number of fused-ring (bicyclic) bond motifs is 2. The lowest BCUT2D eigenvalue weighted by Crippen LogP contribution is -2.50. The molecule has 26 heavy (non-hydrogen) atoms. The van der Waals surface area contributed by atoms with Crippen LogP contribution in [0.25, 0.3) is 0 Å². The van der Waals surface area contributed by atoms with Gasteiger partial charge in [-0.2, -0.15) is 0 Å². The number of thioether (sulfide) groups is 1. The maximum absolute atomic E-state index is 15.2. The van der Waals surface area contributed by atoms with Crippen molar-refractivity contribution < 1.29 is 9.13 Å². The standard InChI is InChI=1S/C21H27FN2OS/c1-3-25-21(22)9-8-20-17(15-21)18(24-12-10-23(2)11-13-24)14-16-6-4-5-7-19(16)26-20/h4-8,15,18H,3,9-14H2,1-2H3. The molecule has 0 spiro atoms. The predicted molar refractivity (Wildman–Crippen MR) is 105 cm³/mol. The molecular formula is C21H27FN2OS. The van der Waals surface area contributed by atoms with E-state index in [1.165, 1.54) is 15.4 Å². The van der Waals surface area contributed by atoms with Crippen molar-refractivity contribution in [1.29, 1.82) is 0 Å². The van der Waals surface area contributed by atoms with Crippen LogP contribution in [-0.2, 0) is 11.2 Å². The molecule has 0 amide bonds. The third-order valence-electron chi connectivity index (χ3n) is 5.55. The highest BCUT2D eigenvalue weighted by Gasteiger charge is 2.38. The average Bonchev–Trinajstić information content (AvgIpc) is 2.79. The Balaban J connectivity index is 1.72. The fourth-order valence-electron chi connectivity index (χ4n) is 4.08. The van der Waals surface area contributed by atoms with Gasteiger partial charge in [0.1, 0.15) is 0 Å². The van der Waals surface area contributed by atoms with Crippen LogP contribution in [0, 0.1) is 0 Å². The molecule has 3 aliphatic rings. The number of nitrogens with zero attached hydrogens (tertiary/aromatic N) is 2. The monoisotopic (exact) mass is 374 g/mol. The van der Waals surface area contributed by atoms with Crippen molar-refractivity contribution in [3.05, 3.63) is 52.5 Å². The van der Waals surface area contributed by atoms with E-state index in [1.54, 1.807) is 17.8 Å². The molecule has 0 radical (unpaired) electrons. The van der Waals surface area contributed by atoms with Gasteiger partial charge in [0, 0.05) is 55.0 Å². The number of benzene rings is 1. The van der Waals surface area contributed by atoms with E-state index < -0.39 is 5.85 Å². The Hall–Kier alpha value is -1.14. The largest absolute Gasteiger partial charge is 0.343 e. The second-order valence-corrected chi connectivity index (χ2v) is 8.44. The maximum atomic E-state index is 15.2. The van der Waals surface area contributed by atoms with Crippen LogP contribution < -0.4 is 0 Å². The first-order chi connectivity index (χ1) is 12.6. The Bertz CT molecular complexity index is 726. The third-order valence-corrected chi connectivity index (χ3v) is 6.79. The van der Waals surface area contributed by atoms with Crippen LogP contribution >= 0.6 is 11.8 Å². The Morgan fingerprint density at radius 3 is 2.77 bits per heavy atom. The SMILES string of the molecule is CCOC1(F)C=C2C(=CC1)Sc1ccccc1CC2N1CCN(C)CC1. The molecule has 2 unspecified atom stereocenters. The van der Waals surface area contributed by atoms with Crippen LogP contribution in [0.5, 0.6) is 0 Å². The van der Waals surface area contributed by atoms with Crippen molar-refractivity contribution in [2.24, 2.45) is 0 Å². The van der Waals surface area contributed by atoms with Gasteiger partial charge in [0.2, 0.25) is 5.85 Å². The Labute approximate surface area is 159 Å². The molecule has 140 valence electrons. The topological polar surface area (TPSA) is 15.7 Å². The van der Waals surface area contributed by atoms with Crippen molar-refractivity contribution in [3.8, 4) is 0 Å². The number of alkyl halides is 1. The molecule has 0 N–H and O–H groups in total. The molecule has 1 aromatic rings. The van der Waals surface area contributed by atoms with Gasteiger partial charge in [0.25, 0.3) is 0 Å². The van der Waals surface area contributed by atoms with Gasteiger partial charge < -0.3 is 9.64 Å². The highest BCUT2D eigenvalue weighted by atomic mass is 32.2. The van der Waals surface area contributed by atoms with Crippen LogP contribution in [-0.4, -0.2) is 61.5 Å². The minimum absolute atomic E-state index is 0.210. The number of ether oxygens (including phenoxy) is 1. The van der Waals surface area contributed by atoms with Crippen LogP contribution in [0.3, 0.4) is 0 Å². The normalized spacial score (nSPS) is 30.0. The molecular weight excluding hydrogens is 347 g/mol. The summed E-state index contributed by atoms with van der Waals surface area (Å²) in [7, 11) is 2.17. The summed E-state index contributed by atoms with van der Waals surface area (Å²) in [5, 5.41) is 0. The minimum Gasteiger partial charge on any atom is -0.343 e. The van der Waals surface area contributed by atoms with E-state index in [9.17, 15) is 0 Å². The van der Waals surface area contributed by atoms with E-state index in [2.05, 4.69) is 41.1 Å². The number of halogens is 1. The molecule has 4 rings (SSSR count). The summed E-state index contributed by atoms with van der Waals surface area (Å²) in [6.45, 7) is 6.40. The van der Waals surface area contributed by atoms with Crippen molar-refractivity contribution in [3.63, 3.8) is 0 Å². The molecule has 0 saturated carbocycles. The highest BCUT2D eigenvalue weighted by molar-refractivity contribution is 8.03. The maximum Gasteiger partial charge on any atom is 0.232 e. The second kappa shape index (κ2) is 7.47. The minimum atomic E-state index is -1.67. The first-order valence-corrected chi connectivity index (χ1v) is 10.3. The van der Waals surface area contributed by atoms with Gasteiger partial charge >= 0.3 is 0 Å². The fraction of sp³-hybridized carbons (Fsp3) is 0.524. The number of rotatable bonds is 3. The summed E-state index contributed by atoms with van der Waals surface area (Å²) in [4.78, 5) is 7.39. The van der Waals surface area contributed by atoms with E-state index in [0.717, 1.165) is 38.2 Å². The zero-order valence-corrected chi connectivity index (χ0v) is 16.4. The van der Waals surface area contributed by atoms with E-state index in [1.807, 2.05) is 13.0 Å². The number of piperazine rings is 1. The van der Waals surface area contributed by atoms with E-state index in [-0.39, 0.29) is 6.04 Å². The smallest absolute Gasteiger partial charge is 0.232 e. The number of hydrogen-bond acceptors (Lipinski definition) is 4. The van der Waals surface area contributed by atoms with Gasteiger partial charge in [0.05, 0.1) is 0 Å². The molecule has 2 heterocycles. The summed E-state index contributed by atoms with van der Waals surface area (Å²) in [5.74, 6) is -1.67. The molecule has 1 saturated heterocycles. The molecule has 1 aliphatic carbocycles. The molecule has 0 aromatic heterocycles. The molecule has 2 atom stereocenters. The summed E-state index contributed by atoms with van der Waals surface area (Å²) in [6.07, 6.45) is 5.04. The van der Waals surface area contributed by atoms with Gasteiger partial charge in [-0.1, -0.05) is 36.0 Å². The fourth-order valence-corrected chi connectivity index (χ4v) is 5.23. The van der Waals surface area contributed by atoms with Crippen molar-refractivity contribution in [1.82, 2.24) is 9.80 Å². The number of likely N-dealkylation sites (N-methyl/N-ethyl adjacent to an activating group) is 1. The van der Waals surface area contributed by atoms with E-state index in [4.69, 9.17) is 4.74 Å². The summed E-state index contributed by atoms with van der Waals surface area (Å²) < 4.78 is 20.7. The molecule has 0 bridgehead atoms. The van der Waals surface area contributed by atoms with Crippen molar-refractivity contribution in [2.45, 2.75) is 36.6 Å². The summed E-state index contributed by atoms with van der Waals surface area (Å²) >= 11 is 1.78. The van der Waals surface area contributed by atoms with Gasteiger partial charge in [-0.15, -0.1) is 0 Å². The van der Waals surface area contributed by atoms with Crippen LogP contribution in [0.15, 0.2) is 51.8 Å².